The van der Waals surface area contributed by atoms with Crippen LogP contribution in [0.5, 0.6) is 11.5 Å². The highest BCUT2D eigenvalue weighted by molar-refractivity contribution is 7.42. The van der Waals surface area contributed by atoms with E-state index in [0.717, 1.165) is 17.9 Å². The molecule has 32 heavy (non-hydrogen) atoms. The van der Waals surface area contributed by atoms with Gasteiger partial charge in [-0.05, 0) is 41.7 Å². The third-order valence-corrected chi connectivity index (χ3v) is 6.63. The van der Waals surface area contributed by atoms with Crippen LogP contribution in [0.1, 0.15) is 97.5 Å². The van der Waals surface area contributed by atoms with E-state index in [1.54, 1.807) is 0 Å². The maximum atomic E-state index is 6.10. The Morgan fingerprint density at radius 2 is 1.12 bits per heavy atom. The summed E-state index contributed by atoms with van der Waals surface area (Å²) in [6, 6.07) is 18.0. The average molecular weight is 459 g/mol. The van der Waals surface area contributed by atoms with Crippen molar-refractivity contribution in [3.63, 3.8) is 0 Å². The van der Waals surface area contributed by atoms with Crippen LogP contribution in [0.2, 0.25) is 0 Å². The summed E-state index contributed by atoms with van der Waals surface area (Å²) >= 11 is 0. The first-order valence-electron chi connectivity index (χ1n) is 12.4. The molecule has 0 amide bonds. The molecule has 178 valence electrons. The zero-order valence-corrected chi connectivity index (χ0v) is 21.5. The summed E-state index contributed by atoms with van der Waals surface area (Å²) in [6.45, 7) is 9.57. The van der Waals surface area contributed by atoms with Crippen LogP contribution in [0.3, 0.4) is 0 Å². The zero-order valence-electron chi connectivity index (χ0n) is 20.6. The number of unbranched alkanes of at least 4 members (excludes halogenated alkanes) is 9. The highest BCUT2D eigenvalue weighted by Crippen LogP contribution is 2.42. The molecule has 0 radical (unpaired) electrons. The molecule has 0 bridgehead atoms. The molecule has 0 fully saturated rings. The molecule has 0 heterocycles. The minimum atomic E-state index is -1.49. The lowest BCUT2D eigenvalue weighted by Gasteiger charge is -2.20. The van der Waals surface area contributed by atoms with Crippen LogP contribution in [0, 0.1) is 0 Å². The van der Waals surface area contributed by atoms with Gasteiger partial charge in [-0.2, -0.15) is 0 Å². The standard InChI is InChI=1S/C28H43O3P/c1-5-6-7-8-9-10-11-12-13-17-24-29-32(30-26-18-15-14-16-19-26)31-27-22-20-25(21-23-27)28(2,3)4/h14-16,18-23H,5-13,17,24H2,1-4H3. The van der Waals surface area contributed by atoms with Crippen molar-refractivity contribution in [1.29, 1.82) is 0 Å². The van der Waals surface area contributed by atoms with Gasteiger partial charge in [0.15, 0.2) is 0 Å². The summed E-state index contributed by atoms with van der Waals surface area (Å²) in [7, 11) is -1.49. The van der Waals surface area contributed by atoms with Gasteiger partial charge in [-0.25, -0.2) is 0 Å². The second-order valence-corrected chi connectivity index (χ2v) is 10.6. The van der Waals surface area contributed by atoms with Crippen molar-refractivity contribution in [2.75, 3.05) is 6.61 Å². The predicted molar refractivity (Wildman–Crippen MR) is 138 cm³/mol. The van der Waals surface area contributed by atoms with E-state index >= 15 is 0 Å². The summed E-state index contributed by atoms with van der Waals surface area (Å²) in [5.74, 6) is 1.55. The second kappa shape index (κ2) is 15.3. The highest BCUT2D eigenvalue weighted by Gasteiger charge is 2.18. The van der Waals surface area contributed by atoms with Gasteiger partial charge in [0.25, 0.3) is 0 Å². The van der Waals surface area contributed by atoms with Crippen molar-refractivity contribution >= 4 is 8.60 Å². The van der Waals surface area contributed by atoms with Gasteiger partial charge in [-0.15, -0.1) is 0 Å². The molecule has 0 aromatic heterocycles. The molecule has 0 aliphatic carbocycles. The van der Waals surface area contributed by atoms with E-state index in [9.17, 15) is 0 Å². The molecular formula is C28H43O3P. The molecule has 4 heteroatoms. The summed E-state index contributed by atoms with van der Waals surface area (Å²) < 4.78 is 18.2. The minimum Gasteiger partial charge on any atom is -0.418 e. The van der Waals surface area contributed by atoms with Crippen LogP contribution in [0.25, 0.3) is 0 Å². The number of benzene rings is 2. The van der Waals surface area contributed by atoms with Crippen LogP contribution in [0.15, 0.2) is 54.6 Å². The first kappa shape index (κ1) is 26.7. The SMILES string of the molecule is CCCCCCCCCCCCOP(Oc1ccccc1)Oc1ccc(C(C)(C)C)cc1. The topological polar surface area (TPSA) is 27.7 Å². The van der Waals surface area contributed by atoms with E-state index in [1.165, 1.54) is 63.4 Å². The van der Waals surface area contributed by atoms with Crippen LogP contribution in [0.4, 0.5) is 0 Å². The maximum absolute atomic E-state index is 6.10. The average Bonchev–Trinajstić information content (AvgIpc) is 2.78. The lowest BCUT2D eigenvalue weighted by molar-refractivity contribution is 0.258. The van der Waals surface area contributed by atoms with Crippen LogP contribution < -0.4 is 9.05 Å². The minimum absolute atomic E-state index is 0.121. The van der Waals surface area contributed by atoms with E-state index in [1.807, 2.05) is 42.5 Å². The summed E-state index contributed by atoms with van der Waals surface area (Å²) in [5, 5.41) is 0. The largest absolute Gasteiger partial charge is 0.463 e. The van der Waals surface area contributed by atoms with Crippen molar-refractivity contribution in [2.24, 2.45) is 0 Å². The molecule has 0 saturated carbocycles. The molecule has 0 spiro atoms. The van der Waals surface area contributed by atoms with E-state index in [2.05, 4.69) is 39.8 Å². The fourth-order valence-electron chi connectivity index (χ4n) is 3.47. The van der Waals surface area contributed by atoms with E-state index < -0.39 is 8.60 Å². The fraction of sp³-hybridized carbons (Fsp3) is 0.571. The smallest absolute Gasteiger partial charge is 0.418 e. The Bertz CT molecular complexity index is 710. The third kappa shape index (κ3) is 11.3. The zero-order chi connectivity index (χ0) is 23.1. The number of rotatable bonds is 16. The van der Waals surface area contributed by atoms with E-state index in [4.69, 9.17) is 13.6 Å². The molecule has 1 atom stereocenters. The van der Waals surface area contributed by atoms with E-state index in [-0.39, 0.29) is 5.41 Å². The molecule has 3 nitrogen and oxygen atoms in total. The van der Waals surface area contributed by atoms with Crippen molar-refractivity contribution in [2.45, 2.75) is 97.3 Å². The van der Waals surface area contributed by atoms with Gasteiger partial charge in [-0.1, -0.05) is 116 Å². The molecule has 2 rings (SSSR count). The molecule has 0 saturated heterocycles. The fourth-order valence-corrected chi connectivity index (χ4v) is 4.48. The Hall–Kier alpha value is -1.57. The van der Waals surface area contributed by atoms with Crippen molar-refractivity contribution in [3.05, 3.63) is 60.2 Å². The Kier molecular flexibility index (Phi) is 12.8. The summed E-state index contributed by atoms with van der Waals surface area (Å²) in [4.78, 5) is 0. The first-order chi connectivity index (χ1) is 15.5. The van der Waals surface area contributed by atoms with Crippen molar-refractivity contribution in [3.8, 4) is 11.5 Å². The van der Waals surface area contributed by atoms with Crippen molar-refractivity contribution in [1.82, 2.24) is 0 Å². The summed E-state index contributed by atoms with van der Waals surface area (Å²) in [5.41, 5.74) is 1.40. The van der Waals surface area contributed by atoms with Gasteiger partial charge in [-0.3, -0.25) is 4.52 Å². The quantitative estimate of drug-likeness (QED) is 0.185. The van der Waals surface area contributed by atoms with Gasteiger partial charge in [0.2, 0.25) is 0 Å². The lowest BCUT2D eigenvalue weighted by atomic mass is 9.87. The first-order valence-corrected chi connectivity index (χ1v) is 13.5. The molecule has 1 unspecified atom stereocenters. The van der Waals surface area contributed by atoms with Crippen LogP contribution >= 0.6 is 8.60 Å². The highest BCUT2D eigenvalue weighted by atomic mass is 31.2. The number of hydrogen-bond donors (Lipinski definition) is 0. The molecule has 2 aromatic carbocycles. The molecular weight excluding hydrogens is 415 g/mol. The van der Waals surface area contributed by atoms with Gasteiger partial charge in [0.05, 0.1) is 6.61 Å². The number of hydrogen-bond acceptors (Lipinski definition) is 3. The molecule has 2 aromatic rings. The molecule has 0 N–H and O–H groups in total. The summed E-state index contributed by atoms with van der Waals surface area (Å²) in [6.07, 6.45) is 13.1. The normalized spacial score (nSPS) is 12.5. The second-order valence-electron chi connectivity index (χ2n) is 9.51. The van der Waals surface area contributed by atoms with Crippen LogP contribution in [-0.2, 0) is 9.94 Å². The number of para-hydroxylation sites is 1. The molecule has 0 aliphatic heterocycles. The predicted octanol–water partition coefficient (Wildman–Crippen LogP) is 9.61. The Balaban J connectivity index is 1.74. The Labute approximate surface area is 197 Å². The van der Waals surface area contributed by atoms with Crippen molar-refractivity contribution < 1.29 is 13.6 Å². The molecule has 0 aliphatic rings. The van der Waals surface area contributed by atoms with Gasteiger partial charge in [0, 0.05) is 0 Å². The van der Waals surface area contributed by atoms with E-state index in [0.29, 0.717) is 6.61 Å². The Morgan fingerprint density at radius 3 is 1.66 bits per heavy atom. The Morgan fingerprint density at radius 1 is 0.625 bits per heavy atom. The van der Waals surface area contributed by atoms with Gasteiger partial charge >= 0.3 is 8.60 Å². The van der Waals surface area contributed by atoms with Gasteiger partial charge < -0.3 is 9.05 Å². The maximum Gasteiger partial charge on any atom is 0.463 e. The van der Waals surface area contributed by atoms with Gasteiger partial charge in [0.1, 0.15) is 11.5 Å². The third-order valence-electron chi connectivity index (χ3n) is 5.52. The van der Waals surface area contributed by atoms with Crippen LogP contribution in [-0.4, -0.2) is 6.61 Å². The lowest BCUT2D eigenvalue weighted by Crippen LogP contribution is -2.10. The monoisotopic (exact) mass is 458 g/mol.